The third-order valence-electron chi connectivity index (χ3n) is 13.4. The molecule has 0 aliphatic carbocycles. The van der Waals surface area contributed by atoms with Gasteiger partial charge in [0.25, 0.3) is 11.8 Å². The van der Waals surface area contributed by atoms with E-state index in [1.165, 1.54) is 4.90 Å². The molecule has 17 heteroatoms. The zero-order chi connectivity index (χ0) is 46.4. The minimum atomic E-state index is -1.10. The standard InChI is InChI=1S/C49H50ClN7O9/c1-29-43(30(2)53(3)52-29)44-37(50)17-16-34-33(13-8-26-65-39-14-6-10-31-9-4-5-11-32(31)39)46(49(62)63)55(45(34)44)22-25-57(64)23-20-54(21-24-57)42(59)28-66-40-15-7-12-35-36(40)27-56(48(35)61)38-18-19-41(58)51-47(38)60/h4-7,9-12,14-17,38,64H,8,13,18-28H2,1-3H3,(H-,51,58,60,62,63)/p+1. The van der Waals surface area contributed by atoms with Crippen molar-refractivity contribution in [1.82, 2.24) is 29.5 Å². The second-order valence-corrected chi connectivity index (χ2v) is 17.7. The Bertz CT molecular complexity index is 2950. The first-order chi connectivity index (χ1) is 31.7. The van der Waals surface area contributed by atoms with E-state index < -0.39 is 22.6 Å². The fraction of sp³-hybridized carbons (Fsp3) is 0.347. The summed E-state index contributed by atoms with van der Waals surface area (Å²) in [4.78, 5) is 67.6. The van der Waals surface area contributed by atoms with Crippen molar-refractivity contribution in [3.63, 3.8) is 0 Å². The van der Waals surface area contributed by atoms with Gasteiger partial charge in [0.1, 0.15) is 42.9 Å². The van der Waals surface area contributed by atoms with Crippen LogP contribution in [-0.4, -0.2) is 121 Å². The number of carbonyl (C=O) groups is 5. The first-order valence-electron chi connectivity index (χ1n) is 22.2. The molecule has 0 spiro atoms. The number of aromatic nitrogens is 3. The second kappa shape index (κ2) is 17.9. The molecule has 0 bridgehead atoms. The molecule has 2 saturated heterocycles. The van der Waals surface area contributed by atoms with Gasteiger partial charge in [0.15, 0.2) is 6.61 Å². The predicted molar refractivity (Wildman–Crippen MR) is 245 cm³/mol. The Balaban J connectivity index is 0.911. The van der Waals surface area contributed by atoms with E-state index in [2.05, 4.69) is 10.4 Å². The van der Waals surface area contributed by atoms with Crippen LogP contribution in [0.25, 0.3) is 32.8 Å². The number of halogens is 1. The maximum atomic E-state index is 13.5. The lowest BCUT2D eigenvalue weighted by Gasteiger charge is -2.38. The van der Waals surface area contributed by atoms with Gasteiger partial charge in [-0.15, -0.1) is 0 Å². The van der Waals surface area contributed by atoms with Crippen LogP contribution in [0.4, 0.5) is 0 Å². The van der Waals surface area contributed by atoms with E-state index in [1.54, 1.807) is 38.4 Å². The van der Waals surface area contributed by atoms with Crippen molar-refractivity contribution in [2.45, 2.75) is 58.7 Å². The van der Waals surface area contributed by atoms with Gasteiger partial charge >= 0.3 is 5.97 Å². The number of amides is 4. The highest BCUT2D eigenvalue weighted by Crippen LogP contribution is 2.42. The summed E-state index contributed by atoms with van der Waals surface area (Å²) in [5, 5.41) is 33.2. The molecule has 1 atom stereocenters. The highest BCUT2D eigenvalue weighted by Gasteiger charge is 2.41. The van der Waals surface area contributed by atoms with Crippen LogP contribution in [0.3, 0.4) is 0 Å². The molecule has 342 valence electrons. The quantitative estimate of drug-likeness (QED) is 0.0659. The van der Waals surface area contributed by atoms with Crippen LogP contribution in [-0.2, 0) is 40.9 Å². The first kappa shape index (κ1) is 44.5. The van der Waals surface area contributed by atoms with E-state index in [0.29, 0.717) is 58.0 Å². The summed E-state index contributed by atoms with van der Waals surface area (Å²) in [7, 11) is 1.86. The molecule has 2 aromatic heterocycles. The normalized spacial score (nSPS) is 17.1. The Hall–Kier alpha value is -6.75. The van der Waals surface area contributed by atoms with Gasteiger partial charge in [-0.25, -0.2) is 10.0 Å². The van der Waals surface area contributed by atoms with Crippen LogP contribution in [0, 0.1) is 13.8 Å². The number of benzene rings is 4. The summed E-state index contributed by atoms with van der Waals surface area (Å²) < 4.78 is 15.4. The van der Waals surface area contributed by atoms with Crippen LogP contribution in [0.1, 0.15) is 62.6 Å². The number of hydrogen-bond donors (Lipinski definition) is 3. The highest BCUT2D eigenvalue weighted by atomic mass is 35.5. The topological polar surface area (TPSA) is 186 Å². The molecule has 6 aromatic rings. The van der Waals surface area contributed by atoms with Gasteiger partial charge in [-0.3, -0.25) is 29.2 Å². The summed E-state index contributed by atoms with van der Waals surface area (Å²) in [6.45, 7) is 5.12. The fourth-order valence-electron chi connectivity index (χ4n) is 9.86. The Kier molecular flexibility index (Phi) is 12.1. The van der Waals surface area contributed by atoms with Crippen LogP contribution in [0.15, 0.2) is 72.8 Å². The van der Waals surface area contributed by atoms with E-state index in [0.717, 1.165) is 38.9 Å². The minimum absolute atomic E-state index is 0.107. The molecule has 4 aromatic carbocycles. The number of imide groups is 1. The highest BCUT2D eigenvalue weighted by molar-refractivity contribution is 6.35. The summed E-state index contributed by atoms with van der Waals surface area (Å²) in [6, 6.07) is 21.8. The molecular weight excluding hydrogens is 866 g/mol. The van der Waals surface area contributed by atoms with Gasteiger partial charge in [0.05, 0.1) is 49.0 Å². The number of ether oxygens (including phenoxy) is 2. The average Bonchev–Trinajstić information content (AvgIpc) is 3.90. The summed E-state index contributed by atoms with van der Waals surface area (Å²) >= 11 is 7.05. The van der Waals surface area contributed by atoms with E-state index in [-0.39, 0.29) is 88.7 Å². The van der Waals surface area contributed by atoms with E-state index in [1.807, 2.05) is 69.4 Å². The predicted octanol–water partition coefficient (Wildman–Crippen LogP) is 6.06. The van der Waals surface area contributed by atoms with Crippen molar-refractivity contribution in [3.8, 4) is 22.6 Å². The van der Waals surface area contributed by atoms with E-state index in [9.17, 15) is 34.3 Å². The molecule has 0 radical (unpaired) electrons. The molecule has 2 fully saturated rings. The van der Waals surface area contributed by atoms with Crippen molar-refractivity contribution in [1.29, 1.82) is 0 Å². The molecule has 4 amide bonds. The number of aromatic carboxylic acids is 1. The number of carboxylic acid groups (broad SMARTS) is 1. The van der Waals surface area contributed by atoms with Gasteiger partial charge < -0.3 is 28.9 Å². The minimum Gasteiger partial charge on any atom is -0.493 e. The number of quaternary nitrogens is 1. The lowest BCUT2D eigenvalue weighted by molar-refractivity contribution is -1.10. The average molecular weight is 917 g/mol. The number of nitrogens with one attached hydrogen (secondary N) is 1. The largest absolute Gasteiger partial charge is 0.493 e. The van der Waals surface area contributed by atoms with Gasteiger partial charge in [-0.1, -0.05) is 60.1 Å². The summed E-state index contributed by atoms with van der Waals surface area (Å²) in [5.41, 5.74) is 5.46. The number of rotatable bonds is 14. The van der Waals surface area contributed by atoms with Crippen LogP contribution in [0.5, 0.6) is 11.5 Å². The SMILES string of the molecule is Cc1nn(C)c(C)c1-c1c(Cl)ccc2c(CCCOc3cccc4ccccc34)c(C(=O)O)n(CC[N+]3(O)CCN(C(=O)COc4cccc5c4CN(C4CCC(=O)NC4=O)C5=O)CC3)c12. The Labute approximate surface area is 385 Å². The Morgan fingerprint density at radius 2 is 1.67 bits per heavy atom. The lowest BCUT2D eigenvalue weighted by atomic mass is 9.98. The first-order valence-corrected chi connectivity index (χ1v) is 22.5. The lowest BCUT2D eigenvalue weighted by Crippen LogP contribution is -2.60. The molecule has 16 nitrogen and oxygen atoms in total. The molecule has 3 aliphatic rings. The Morgan fingerprint density at radius 1 is 0.924 bits per heavy atom. The molecular formula is C49H51ClN7O9+. The van der Waals surface area contributed by atoms with Crippen LogP contribution in [0.2, 0.25) is 5.02 Å². The molecule has 1 unspecified atom stereocenters. The second-order valence-electron chi connectivity index (χ2n) is 17.3. The third kappa shape index (κ3) is 8.24. The molecule has 5 heterocycles. The number of carboxylic acids is 1. The summed E-state index contributed by atoms with van der Waals surface area (Å²) in [5.74, 6) is -1.51. The number of hydrogen-bond acceptors (Lipinski definition) is 9. The fourth-order valence-corrected chi connectivity index (χ4v) is 10.1. The van der Waals surface area contributed by atoms with Crippen molar-refractivity contribution >= 4 is 62.9 Å². The number of piperidine rings is 1. The summed E-state index contributed by atoms with van der Waals surface area (Å²) in [6.07, 6.45) is 1.30. The number of hydroxylamine groups is 3. The third-order valence-corrected chi connectivity index (χ3v) is 13.7. The van der Waals surface area contributed by atoms with Crippen LogP contribution >= 0.6 is 11.6 Å². The smallest absolute Gasteiger partial charge is 0.352 e. The molecule has 9 rings (SSSR count). The molecule has 66 heavy (non-hydrogen) atoms. The zero-order valence-corrected chi connectivity index (χ0v) is 37.8. The maximum Gasteiger partial charge on any atom is 0.352 e. The number of nitrogens with zero attached hydrogens (tertiary/aromatic N) is 6. The monoisotopic (exact) mass is 916 g/mol. The number of fused-ring (bicyclic) bond motifs is 3. The van der Waals surface area contributed by atoms with E-state index in [4.69, 9.17) is 21.1 Å². The van der Waals surface area contributed by atoms with E-state index >= 15 is 0 Å². The van der Waals surface area contributed by atoms with Crippen molar-refractivity contribution < 1.29 is 48.4 Å². The van der Waals surface area contributed by atoms with Gasteiger partial charge in [0, 0.05) is 52.2 Å². The maximum absolute atomic E-state index is 13.5. The molecule has 0 saturated carbocycles. The number of carbonyl (C=O) groups excluding carboxylic acids is 4. The molecule has 3 N–H and O–H groups in total. The molecule has 3 aliphatic heterocycles. The zero-order valence-electron chi connectivity index (χ0n) is 37.0. The van der Waals surface area contributed by atoms with Crippen LogP contribution < -0.4 is 14.8 Å². The number of piperazine rings is 1. The van der Waals surface area contributed by atoms with Crippen molar-refractivity contribution in [3.05, 3.63) is 112 Å². The van der Waals surface area contributed by atoms with Crippen molar-refractivity contribution in [2.75, 3.05) is 45.9 Å². The van der Waals surface area contributed by atoms with Gasteiger partial charge in [0.2, 0.25) is 11.8 Å². The van der Waals surface area contributed by atoms with Gasteiger partial charge in [-0.05, 0) is 68.3 Å². The van der Waals surface area contributed by atoms with Gasteiger partial charge in [-0.2, -0.15) is 9.75 Å². The Morgan fingerprint density at radius 3 is 2.41 bits per heavy atom. The van der Waals surface area contributed by atoms with Crippen molar-refractivity contribution in [2.24, 2.45) is 7.05 Å². The number of aryl methyl sites for hydroxylation is 3.